The lowest BCUT2D eigenvalue weighted by Crippen LogP contribution is -2.04. The Bertz CT molecular complexity index is 871. The van der Waals surface area contributed by atoms with Gasteiger partial charge in [-0.1, -0.05) is 12.1 Å². The molecule has 2 aromatic carbocycles. The molecule has 0 spiro atoms. The van der Waals surface area contributed by atoms with Crippen molar-refractivity contribution in [1.29, 1.82) is 0 Å². The van der Waals surface area contributed by atoms with Crippen molar-refractivity contribution >= 4 is 18.0 Å². The van der Waals surface area contributed by atoms with Gasteiger partial charge in [-0.25, -0.2) is 9.59 Å². The maximum atomic E-state index is 12.0. The fourth-order valence-electron chi connectivity index (χ4n) is 2.45. The molecule has 148 valence electrons. The molecule has 7 heteroatoms. The van der Waals surface area contributed by atoms with Crippen molar-refractivity contribution in [1.82, 2.24) is 0 Å². The topological polar surface area (TPSA) is 80.3 Å². The highest BCUT2D eigenvalue weighted by molar-refractivity contribution is 5.89. The molecular weight excluding hydrogens is 364 g/mol. The van der Waals surface area contributed by atoms with E-state index in [1.54, 1.807) is 42.5 Å². The quantitative estimate of drug-likeness (QED) is 0.509. The number of benzene rings is 2. The molecular formula is C21H22O7. The molecule has 28 heavy (non-hydrogen) atoms. The molecule has 0 radical (unpaired) electrons. The average molecular weight is 386 g/mol. The first-order valence-corrected chi connectivity index (χ1v) is 8.34. The van der Waals surface area contributed by atoms with Gasteiger partial charge in [0.15, 0.2) is 11.5 Å². The molecule has 0 aliphatic rings. The van der Waals surface area contributed by atoms with Crippen LogP contribution in [0.3, 0.4) is 0 Å². The molecule has 0 aromatic heterocycles. The van der Waals surface area contributed by atoms with Crippen LogP contribution in [-0.2, 0) is 20.9 Å². The Hall–Kier alpha value is -3.48. The summed E-state index contributed by atoms with van der Waals surface area (Å²) < 4.78 is 25.7. The second-order valence-corrected chi connectivity index (χ2v) is 5.58. The lowest BCUT2D eigenvalue weighted by molar-refractivity contribution is -0.138. The molecule has 0 heterocycles. The fourth-order valence-corrected chi connectivity index (χ4v) is 2.45. The van der Waals surface area contributed by atoms with E-state index in [0.717, 1.165) is 0 Å². The van der Waals surface area contributed by atoms with Crippen LogP contribution in [0.25, 0.3) is 6.08 Å². The van der Waals surface area contributed by atoms with Gasteiger partial charge in [-0.2, -0.15) is 0 Å². The Morgan fingerprint density at radius 1 is 0.893 bits per heavy atom. The molecule has 7 nitrogen and oxygen atoms in total. The van der Waals surface area contributed by atoms with Crippen molar-refractivity contribution in [2.75, 3.05) is 28.4 Å². The monoisotopic (exact) mass is 386 g/mol. The van der Waals surface area contributed by atoms with E-state index < -0.39 is 11.9 Å². The summed E-state index contributed by atoms with van der Waals surface area (Å²) in [4.78, 5) is 23.6. The first-order chi connectivity index (χ1) is 13.5. The van der Waals surface area contributed by atoms with Gasteiger partial charge in [0.05, 0.1) is 34.0 Å². The molecule has 2 rings (SSSR count). The molecule has 0 unspecified atom stereocenters. The molecule has 0 aliphatic heterocycles. The maximum Gasteiger partial charge on any atom is 0.337 e. The van der Waals surface area contributed by atoms with Crippen LogP contribution in [0.2, 0.25) is 0 Å². The van der Waals surface area contributed by atoms with Crippen molar-refractivity contribution in [3.63, 3.8) is 0 Å². The first-order valence-electron chi connectivity index (χ1n) is 8.34. The minimum Gasteiger partial charge on any atom is -0.496 e. The SMILES string of the molecule is COC(=O)c1cccc(COC(=O)/C=C/c2cc(OC)c(OC)cc2OC)c1. The number of carbonyl (C=O) groups excluding carboxylic acids is 2. The molecule has 0 aliphatic carbocycles. The van der Waals surface area contributed by atoms with Crippen LogP contribution in [0.15, 0.2) is 42.5 Å². The van der Waals surface area contributed by atoms with Crippen LogP contribution in [-0.4, -0.2) is 40.4 Å². The minimum absolute atomic E-state index is 0.0249. The van der Waals surface area contributed by atoms with E-state index in [4.69, 9.17) is 18.9 Å². The Balaban J connectivity index is 2.07. The third kappa shape index (κ3) is 5.26. The van der Waals surface area contributed by atoms with Crippen LogP contribution < -0.4 is 14.2 Å². The molecule has 0 bridgehead atoms. The van der Waals surface area contributed by atoms with E-state index >= 15 is 0 Å². The van der Waals surface area contributed by atoms with Crippen LogP contribution in [0.1, 0.15) is 21.5 Å². The predicted octanol–water partition coefficient (Wildman–Crippen LogP) is 3.26. The Labute approximate surface area is 163 Å². The van der Waals surface area contributed by atoms with Crippen LogP contribution >= 0.6 is 0 Å². The Morgan fingerprint density at radius 2 is 1.57 bits per heavy atom. The zero-order chi connectivity index (χ0) is 20.5. The highest BCUT2D eigenvalue weighted by Crippen LogP contribution is 2.35. The van der Waals surface area contributed by atoms with Gasteiger partial charge >= 0.3 is 11.9 Å². The van der Waals surface area contributed by atoms with E-state index in [2.05, 4.69) is 4.74 Å². The number of rotatable bonds is 8. The molecule has 0 N–H and O–H groups in total. The summed E-state index contributed by atoms with van der Waals surface area (Å²) in [5.41, 5.74) is 1.69. The summed E-state index contributed by atoms with van der Waals surface area (Å²) in [7, 11) is 5.88. The predicted molar refractivity (Wildman–Crippen MR) is 103 cm³/mol. The van der Waals surface area contributed by atoms with Crippen molar-refractivity contribution in [2.45, 2.75) is 6.61 Å². The molecule has 0 saturated carbocycles. The van der Waals surface area contributed by atoms with Gasteiger partial charge in [-0.3, -0.25) is 0 Å². The van der Waals surface area contributed by atoms with Crippen LogP contribution in [0, 0.1) is 0 Å². The van der Waals surface area contributed by atoms with Gasteiger partial charge < -0.3 is 23.7 Å². The summed E-state index contributed by atoms with van der Waals surface area (Å²) in [6.07, 6.45) is 2.85. The standard InChI is InChI=1S/C21H22O7/c1-24-17-12-19(26-3)18(25-2)11-15(17)8-9-20(22)28-13-14-6-5-7-16(10-14)21(23)27-4/h5-12H,13H2,1-4H3/b9-8+. The van der Waals surface area contributed by atoms with Gasteiger partial charge in [0, 0.05) is 17.7 Å². The maximum absolute atomic E-state index is 12.0. The van der Waals surface area contributed by atoms with Crippen LogP contribution in [0.4, 0.5) is 0 Å². The summed E-state index contributed by atoms with van der Waals surface area (Å²) in [5.74, 6) is 0.557. The third-order valence-electron chi connectivity index (χ3n) is 3.86. The van der Waals surface area contributed by atoms with Crippen molar-refractivity contribution in [2.24, 2.45) is 0 Å². The van der Waals surface area contributed by atoms with E-state index in [-0.39, 0.29) is 6.61 Å². The number of carbonyl (C=O) groups is 2. The van der Waals surface area contributed by atoms with E-state index in [0.29, 0.717) is 33.9 Å². The highest BCUT2D eigenvalue weighted by Gasteiger charge is 2.11. The smallest absolute Gasteiger partial charge is 0.337 e. The molecule has 0 fully saturated rings. The van der Waals surface area contributed by atoms with Crippen molar-refractivity contribution in [3.05, 3.63) is 59.2 Å². The zero-order valence-corrected chi connectivity index (χ0v) is 16.2. The second kappa shape index (κ2) is 10.0. The number of hydrogen-bond acceptors (Lipinski definition) is 7. The van der Waals surface area contributed by atoms with Gasteiger partial charge in [-0.15, -0.1) is 0 Å². The minimum atomic E-state index is -0.541. The largest absolute Gasteiger partial charge is 0.496 e. The number of esters is 2. The number of hydrogen-bond donors (Lipinski definition) is 0. The average Bonchev–Trinajstić information content (AvgIpc) is 2.74. The zero-order valence-electron chi connectivity index (χ0n) is 16.2. The van der Waals surface area contributed by atoms with Gasteiger partial charge in [0.1, 0.15) is 12.4 Å². The summed E-state index contributed by atoms with van der Waals surface area (Å²) in [6, 6.07) is 10.0. The normalized spacial score (nSPS) is 10.4. The van der Waals surface area contributed by atoms with Gasteiger partial charge in [-0.05, 0) is 29.8 Å². The third-order valence-corrected chi connectivity index (χ3v) is 3.86. The van der Waals surface area contributed by atoms with Crippen LogP contribution in [0.5, 0.6) is 17.2 Å². The van der Waals surface area contributed by atoms with Gasteiger partial charge in [0.25, 0.3) is 0 Å². The fraction of sp³-hybridized carbons (Fsp3) is 0.238. The van der Waals surface area contributed by atoms with E-state index in [9.17, 15) is 9.59 Å². The first kappa shape index (κ1) is 20.8. The Morgan fingerprint density at radius 3 is 2.21 bits per heavy atom. The number of ether oxygens (including phenoxy) is 5. The van der Waals surface area contributed by atoms with Crippen molar-refractivity contribution in [3.8, 4) is 17.2 Å². The summed E-state index contributed by atoms with van der Waals surface area (Å²) in [6.45, 7) is 0.0249. The summed E-state index contributed by atoms with van der Waals surface area (Å²) in [5, 5.41) is 0. The number of methoxy groups -OCH3 is 4. The van der Waals surface area contributed by atoms with Crippen molar-refractivity contribution < 1.29 is 33.3 Å². The lowest BCUT2D eigenvalue weighted by Gasteiger charge is -2.12. The second-order valence-electron chi connectivity index (χ2n) is 5.58. The summed E-state index contributed by atoms with van der Waals surface area (Å²) >= 11 is 0. The highest BCUT2D eigenvalue weighted by atomic mass is 16.5. The molecule has 2 aromatic rings. The molecule has 0 saturated heterocycles. The van der Waals surface area contributed by atoms with E-state index in [1.165, 1.54) is 34.5 Å². The molecule has 0 atom stereocenters. The van der Waals surface area contributed by atoms with Gasteiger partial charge in [0.2, 0.25) is 0 Å². The molecule has 0 amide bonds. The Kier molecular flexibility index (Phi) is 7.45. The van der Waals surface area contributed by atoms with E-state index in [1.807, 2.05) is 0 Å². The lowest BCUT2D eigenvalue weighted by atomic mass is 10.1.